The molecule has 0 aliphatic carbocycles. The van der Waals surface area contributed by atoms with Gasteiger partial charge in [-0.3, -0.25) is 19.7 Å². The van der Waals surface area contributed by atoms with Crippen LogP contribution in [0, 0.1) is 10.1 Å². The van der Waals surface area contributed by atoms with E-state index in [1.807, 2.05) is 6.92 Å². The van der Waals surface area contributed by atoms with Crippen LogP contribution >= 0.6 is 23.2 Å². The fourth-order valence-corrected chi connectivity index (χ4v) is 2.95. The van der Waals surface area contributed by atoms with E-state index in [1.54, 1.807) is 12.1 Å². The number of benzene rings is 2. The maximum atomic E-state index is 12.8. The molecule has 3 N–H and O–H groups in total. The lowest BCUT2D eigenvalue weighted by Gasteiger charge is -2.22. The van der Waals surface area contributed by atoms with E-state index < -0.39 is 16.7 Å². The number of halogens is 2. The van der Waals surface area contributed by atoms with Gasteiger partial charge in [-0.05, 0) is 36.8 Å². The zero-order chi connectivity index (χ0) is 20.8. The molecule has 0 spiro atoms. The lowest BCUT2D eigenvalue weighted by Crippen LogP contribution is -2.38. The number of nitro groups is 1. The number of hydrogen-bond donors (Lipinski definition) is 2. The number of carbonyl (C=O) groups is 2. The summed E-state index contributed by atoms with van der Waals surface area (Å²) in [5, 5.41) is 14.4. The van der Waals surface area contributed by atoms with Crippen molar-refractivity contribution in [1.29, 1.82) is 0 Å². The molecule has 0 aliphatic rings. The van der Waals surface area contributed by atoms with E-state index in [0.717, 1.165) is 6.07 Å². The van der Waals surface area contributed by atoms with Gasteiger partial charge in [-0.15, -0.1) is 0 Å². The van der Waals surface area contributed by atoms with Crippen molar-refractivity contribution in [2.24, 2.45) is 0 Å². The number of anilines is 2. The Hall–Kier alpha value is -2.84. The van der Waals surface area contributed by atoms with Gasteiger partial charge in [0.2, 0.25) is 5.91 Å². The lowest BCUT2D eigenvalue weighted by molar-refractivity contribution is -0.383. The number of nitro benzene ring substituents is 1. The summed E-state index contributed by atoms with van der Waals surface area (Å²) < 4.78 is 0. The third-order valence-electron chi connectivity index (χ3n) is 3.79. The fraction of sp³-hybridized carbons (Fsp3) is 0.222. The predicted octanol–water partition coefficient (Wildman–Crippen LogP) is 3.97. The van der Waals surface area contributed by atoms with Gasteiger partial charge in [-0.1, -0.05) is 30.1 Å². The molecule has 0 saturated heterocycles. The number of nitrogens with zero attached hydrogens (tertiary/aromatic N) is 2. The molecular weight excluding hydrogens is 407 g/mol. The van der Waals surface area contributed by atoms with Gasteiger partial charge in [-0.2, -0.15) is 0 Å². The maximum Gasteiger partial charge on any atom is 0.292 e. The highest BCUT2D eigenvalue weighted by molar-refractivity contribution is 6.36. The van der Waals surface area contributed by atoms with Crippen LogP contribution in [0.2, 0.25) is 10.0 Å². The first-order chi connectivity index (χ1) is 13.2. The number of hydrogen-bond acceptors (Lipinski definition) is 5. The monoisotopic (exact) mass is 424 g/mol. The summed E-state index contributed by atoms with van der Waals surface area (Å²) in [6.45, 7) is 1.89. The third-order valence-corrected chi connectivity index (χ3v) is 4.34. The van der Waals surface area contributed by atoms with E-state index in [4.69, 9.17) is 28.9 Å². The number of carbonyl (C=O) groups excluding carboxylic acids is 2. The van der Waals surface area contributed by atoms with E-state index in [1.165, 1.54) is 23.1 Å². The zero-order valence-corrected chi connectivity index (χ0v) is 16.5. The molecule has 0 atom stereocenters. The van der Waals surface area contributed by atoms with E-state index in [0.29, 0.717) is 23.7 Å². The quantitative estimate of drug-likeness (QED) is 0.395. The van der Waals surface area contributed by atoms with Gasteiger partial charge in [0.25, 0.3) is 11.6 Å². The molecule has 10 heteroatoms. The van der Waals surface area contributed by atoms with Crippen molar-refractivity contribution in [2.75, 3.05) is 24.1 Å². The average molecular weight is 425 g/mol. The fourth-order valence-electron chi connectivity index (χ4n) is 2.49. The average Bonchev–Trinajstić information content (AvgIpc) is 2.63. The van der Waals surface area contributed by atoms with Gasteiger partial charge in [0.15, 0.2) is 0 Å². The first-order valence-electron chi connectivity index (χ1n) is 8.31. The van der Waals surface area contributed by atoms with Crippen LogP contribution in [0.5, 0.6) is 0 Å². The number of nitrogen functional groups attached to an aromatic ring is 1. The van der Waals surface area contributed by atoms with Crippen molar-refractivity contribution in [3.05, 3.63) is 62.1 Å². The van der Waals surface area contributed by atoms with Crippen LogP contribution in [0.3, 0.4) is 0 Å². The molecule has 0 radical (unpaired) electrons. The van der Waals surface area contributed by atoms with Crippen molar-refractivity contribution in [1.82, 2.24) is 4.90 Å². The van der Waals surface area contributed by atoms with Crippen LogP contribution in [0.15, 0.2) is 36.4 Å². The Morgan fingerprint density at radius 1 is 1.21 bits per heavy atom. The number of nitrogens with one attached hydrogen (secondary N) is 1. The Labute approximate surface area is 171 Å². The summed E-state index contributed by atoms with van der Waals surface area (Å²) in [7, 11) is 0. The molecule has 0 heterocycles. The lowest BCUT2D eigenvalue weighted by atomic mass is 10.1. The van der Waals surface area contributed by atoms with E-state index in [9.17, 15) is 19.7 Å². The summed E-state index contributed by atoms with van der Waals surface area (Å²) in [6, 6.07) is 8.41. The summed E-state index contributed by atoms with van der Waals surface area (Å²) in [4.78, 5) is 36.8. The molecule has 28 heavy (non-hydrogen) atoms. The van der Waals surface area contributed by atoms with Gasteiger partial charge < -0.3 is 16.0 Å². The van der Waals surface area contributed by atoms with Crippen LogP contribution in [0.1, 0.15) is 23.7 Å². The molecule has 2 amide bonds. The highest BCUT2D eigenvalue weighted by Crippen LogP contribution is 2.26. The molecule has 148 valence electrons. The SMILES string of the molecule is CCCN(CC(=O)Nc1ccc(Cl)cc1Cl)C(=O)c1ccc(N)c([N+](=O)[O-])c1. The van der Waals surface area contributed by atoms with E-state index >= 15 is 0 Å². The second-order valence-electron chi connectivity index (χ2n) is 5.93. The van der Waals surface area contributed by atoms with Gasteiger partial charge in [0.1, 0.15) is 12.2 Å². The molecule has 2 aromatic carbocycles. The molecule has 2 aromatic rings. The second kappa shape index (κ2) is 9.38. The first-order valence-corrected chi connectivity index (χ1v) is 9.06. The van der Waals surface area contributed by atoms with Crippen molar-refractivity contribution < 1.29 is 14.5 Å². The molecular formula is C18H18Cl2N4O4. The minimum absolute atomic E-state index is 0.0429. The van der Waals surface area contributed by atoms with Gasteiger partial charge in [0, 0.05) is 23.2 Å². The molecule has 0 unspecified atom stereocenters. The summed E-state index contributed by atoms with van der Waals surface area (Å²) in [5.74, 6) is -0.974. The van der Waals surface area contributed by atoms with E-state index in [-0.39, 0.29) is 28.5 Å². The molecule has 0 bridgehead atoms. The largest absolute Gasteiger partial charge is 0.393 e. The van der Waals surface area contributed by atoms with Gasteiger partial charge >= 0.3 is 0 Å². The van der Waals surface area contributed by atoms with Crippen LogP contribution < -0.4 is 11.1 Å². The maximum absolute atomic E-state index is 12.8. The first kappa shape index (κ1) is 21.5. The Balaban J connectivity index is 2.18. The normalized spacial score (nSPS) is 10.4. The van der Waals surface area contributed by atoms with Crippen LogP contribution in [0.4, 0.5) is 17.1 Å². The second-order valence-corrected chi connectivity index (χ2v) is 6.77. The highest BCUT2D eigenvalue weighted by Gasteiger charge is 2.22. The smallest absolute Gasteiger partial charge is 0.292 e. The molecule has 0 aliphatic heterocycles. The van der Waals surface area contributed by atoms with Gasteiger partial charge in [-0.25, -0.2) is 0 Å². The van der Waals surface area contributed by atoms with E-state index in [2.05, 4.69) is 5.32 Å². The Kier molecular flexibility index (Phi) is 7.19. The number of rotatable bonds is 7. The molecule has 0 saturated carbocycles. The Morgan fingerprint density at radius 2 is 1.93 bits per heavy atom. The van der Waals surface area contributed by atoms with Crippen molar-refractivity contribution >= 4 is 52.1 Å². The zero-order valence-electron chi connectivity index (χ0n) is 14.9. The molecule has 0 aromatic heterocycles. The summed E-state index contributed by atoms with van der Waals surface area (Å²) in [6.07, 6.45) is 0.595. The topological polar surface area (TPSA) is 119 Å². The van der Waals surface area contributed by atoms with Crippen molar-refractivity contribution in [3.63, 3.8) is 0 Å². The summed E-state index contributed by atoms with van der Waals surface area (Å²) in [5.41, 5.74) is 5.60. The third kappa shape index (κ3) is 5.34. The standard InChI is InChI=1S/C18H18Cl2N4O4/c1-2-7-23(10-17(25)22-15-6-4-12(19)9-13(15)20)18(26)11-3-5-14(21)16(8-11)24(27)28/h3-6,8-9H,2,7,10,21H2,1H3,(H,22,25). The van der Waals surface area contributed by atoms with Crippen LogP contribution in [-0.4, -0.2) is 34.7 Å². The Bertz CT molecular complexity index is 920. The van der Waals surface area contributed by atoms with Crippen LogP contribution in [0.25, 0.3) is 0 Å². The number of amides is 2. The summed E-state index contributed by atoms with van der Waals surface area (Å²) >= 11 is 11.9. The van der Waals surface area contributed by atoms with Crippen LogP contribution in [-0.2, 0) is 4.79 Å². The van der Waals surface area contributed by atoms with Crippen molar-refractivity contribution in [3.8, 4) is 0 Å². The molecule has 8 nitrogen and oxygen atoms in total. The Morgan fingerprint density at radius 3 is 2.54 bits per heavy atom. The van der Waals surface area contributed by atoms with Crippen molar-refractivity contribution in [2.45, 2.75) is 13.3 Å². The minimum atomic E-state index is -0.661. The predicted molar refractivity (Wildman–Crippen MR) is 109 cm³/mol. The number of nitrogens with two attached hydrogens (primary N) is 1. The minimum Gasteiger partial charge on any atom is -0.393 e. The molecule has 2 rings (SSSR count). The van der Waals surface area contributed by atoms with Gasteiger partial charge in [0.05, 0.1) is 15.6 Å². The molecule has 0 fully saturated rings. The highest BCUT2D eigenvalue weighted by atomic mass is 35.5.